The fourth-order valence-electron chi connectivity index (χ4n) is 2.95. The maximum atomic E-state index is 12.7. The summed E-state index contributed by atoms with van der Waals surface area (Å²) in [5, 5.41) is 0.204. The molecule has 0 spiro atoms. The third-order valence-corrected chi connectivity index (χ3v) is 10.5. The maximum absolute atomic E-state index is 12.7. The second-order valence-electron chi connectivity index (χ2n) is 8.70. The summed E-state index contributed by atoms with van der Waals surface area (Å²) in [6, 6.07) is 10.4. The molecule has 0 N–H and O–H groups in total. The summed E-state index contributed by atoms with van der Waals surface area (Å²) in [6.07, 6.45) is 0. The molecule has 1 fully saturated rings. The van der Waals surface area contributed by atoms with E-state index >= 15 is 0 Å². The van der Waals surface area contributed by atoms with Crippen molar-refractivity contribution in [1.29, 1.82) is 0 Å². The molecule has 1 aliphatic rings. The molecule has 0 bridgehead atoms. The Labute approximate surface area is 148 Å². The standard InChI is InChI=1S/C20H33NO2Si/c1-15-18(14-23-24(6,7)20(3,4)5)13-21(19(15)22)16(2)17-11-9-8-10-12-17/h8-12,15-16,18H,13-14H2,1-7H3. The van der Waals surface area contributed by atoms with Crippen LogP contribution >= 0.6 is 0 Å². The minimum Gasteiger partial charge on any atom is -0.416 e. The number of carbonyl (C=O) groups excluding carboxylic acids is 1. The topological polar surface area (TPSA) is 29.5 Å². The first kappa shape index (κ1) is 19.2. The largest absolute Gasteiger partial charge is 0.416 e. The van der Waals surface area contributed by atoms with Crippen LogP contribution < -0.4 is 0 Å². The fourth-order valence-corrected chi connectivity index (χ4v) is 4.02. The average Bonchev–Trinajstić information content (AvgIpc) is 2.80. The third kappa shape index (κ3) is 3.91. The Kier molecular flexibility index (Phi) is 5.60. The molecule has 1 aliphatic heterocycles. The zero-order chi connectivity index (χ0) is 18.1. The summed E-state index contributed by atoms with van der Waals surface area (Å²) in [5.74, 6) is 0.592. The van der Waals surface area contributed by atoms with Gasteiger partial charge in [-0.3, -0.25) is 4.79 Å². The lowest BCUT2D eigenvalue weighted by molar-refractivity contribution is -0.132. The highest BCUT2D eigenvalue weighted by molar-refractivity contribution is 6.74. The van der Waals surface area contributed by atoms with Crippen molar-refractivity contribution in [3.8, 4) is 0 Å². The predicted molar refractivity (Wildman–Crippen MR) is 102 cm³/mol. The van der Waals surface area contributed by atoms with E-state index in [4.69, 9.17) is 4.43 Å². The minimum absolute atomic E-state index is 0.0425. The summed E-state index contributed by atoms with van der Waals surface area (Å²) in [4.78, 5) is 14.8. The van der Waals surface area contributed by atoms with E-state index in [1.807, 2.05) is 23.1 Å². The molecule has 1 amide bonds. The number of hydrogen-bond acceptors (Lipinski definition) is 2. The summed E-state index contributed by atoms with van der Waals surface area (Å²) in [7, 11) is -1.77. The molecule has 1 saturated heterocycles. The Morgan fingerprint density at radius 3 is 2.38 bits per heavy atom. The minimum atomic E-state index is -1.77. The van der Waals surface area contributed by atoms with Crippen molar-refractivity contribution in [2.24, 2.45) is 11.8 Å². The fraction of sp³-hybridized carbons (Fsp3) is 0.650. The first-order chi connectivity index (χ1) is 11.0. The van der Waals surface area contributed by atoms with Gasteiger partial charge in [0.1, 0.15) is 0 Å². The Morgan fingerprint density at radius 2 is 1.83 bits per heavy atom. The van der Waals surface area contributed by atoms with Crippen molar-refractivity contribution in [3.63, 3.8) is 0 Å². The van der Waals surface area contributed by atoms with Crippen molar-refractivity contribution >= 4 is 14.2 Å². The Balaban J connectivity index is 2.04. The Bertz CT molecular complexity index is 565. The summed E-state index contributed by atoms with van der Waals surface area (Å²) in [5.41, 5.74) is 1.20. The summed E-state index contributed by atoms with van der Waals surface area (Å²) < 4.78 is 6.39. The SMILES string of the molecule is CC1C(=O)N(C(C)c2ccccc2)CC1CO[Si](C)(C)C(C)(C)C. The predicted octanol–water partition coefficient (Wildman–Crippen LogP) is 4.86. The molecule has 1 aromatic rings. The molecule has 2 rings (SSSR count). The maximum Gasteiger partial charge on any atom is 0.226 e. The number of benzene rings is 1. The molecule has 0 aromatic heterocycles. The monoisotopic (exact) mass is 347 g/mol. The molecule has 3 nitrogen and oxygen atoms in total. The van der Waals surface area contributed by atoms with E-state index in [1.165, 1.54) is 5.56 Å². The van der Waals surface area contributed by atoms with Gasteiger partial charge in [-0.2, -0.15) is 0 Å². The first-order valence-electron chi connectivity index (χ1n) is 9.04. The van der Waals surface area contributed by atoms with Crippen molar-refractivity contribution in [3.05, 3.63) is 35.9 Å². The van der Waals surface area contributed by atoms with Gasteiger partial charge in [0, 0.05) is 25.0 Å². The van der Waals surface area contributed by atoms with Crippen LogP contribution in [-0.2, 0) is 9.22 Å². The number of nitrogens with zero attached hydrogens (tertiary/aromatic N) is 1. The normalized spacial score (nSPS) is 23.6. The van der Waals surface area contributed by atoms with Gasteiger partial charge in [0.05, 0.1) is 6.04 Å². The van der Waals surface area contributed by atoms with Crippen LogP contribution in [0.4, 0.5) is 0 Å². The first-order valence-corrected chi connectivity index (χ1v) is 11.9. The van der Waals surface area contributed by atoms with Gasteiger partial charge in [-0.05, 0) is 30.6 Å². The quantitative estimate of drug-likeness (QED) is 0.712. The summed E-state index contributed by atoms with van der Waals surface area (Å²) >= 11 is 0. The number of likely N-dealkylation sites (tertiary alicyclic amines) is 1. The van der Waals surface area contributed by atoms with Gasteiger partial charge in [-0.15, -0.1) is 0 Å². The van der Waals surface area contributed by atoms with Gasteiger partial charge < -0.3 is 9.33 Å². The summed E-state index contributed by atoms with van der Waals surface area (Å²) in [6.45, 7) is 17.0. The highest BCUT2D eigenvalue weighted by Gasteiger charge is 2.42. The molecular formula is C20H33NO2Si. The van der Waals surface area contributed by atoms with Gasteiger partial charge >= 0.3 is 0 Å². The molecule has 0 aliphatic carbocycles. The molecule has 24 heavy (non-hydrogen) atoms. The van der Waals surface area contributed by atoms with Crippen molar-refractivity contribution in [2.45, 2.75) is 58.8 Å². The van der Waals surface area contributed by atoms with Gasteiger partial charge in [-0.25, -0.2) is 0 Å². The lowest BCUT2D eigenvalue weighted by Gasteiger charge is -2.37. The van der Waals surface area contributed by atoms with Crippen molar-refractivity contribution in [1.82, 2.24) is 4.90 Å². The van der Waals surface area contributed by atoms with E-state index in [0.29, 0.717) is 6.61 Å². The van der Waals surface area contributed by atoms with Crippen LogP contribution in [0.15, 0.2) is 30.3 Å². The van der Waals surface area contributed by atoms with Gasteiger partial charge in [0.15, 0.2) is 8.32 Å². The molecule has 134 valence electrons. The molecule has 1 heterocycles. The van der Waals surface area contributed by atoms with E-state index in [0.717, 1.165) is 6.54 Å². The Hall–Kier alpha value is -1.13. The molecule has 0 radical (unpaired) electrons. The van der Waals surface area contributed by atoms with Crippen LogP contribution in [0.2, 0.25) is 18.1 Å². The van der Waals surface area contributed by atoms with Gasteiger partial charge in [0.25, 0.3) is 0 Å². The van der Waals surface area contributed by atoms with Crippen molar-refractivity contribution in [2.75, 3.05) is 13.2 Å². The smallest absolute Gasteiger partial charge is 0.226 e. The highest BCUT2D eigenvalue weighted by Crippen LogP contribution is 2.38. The molecule has 3 atom stereocenters. The molecular weight excluding hydrogens is 314 g/mol. The van der Waals surface area contributed by atoms with Crippen LogP contribution in [0.1, 0.15) is 46.2 Å². The highest BCUT2D eigenvalue weighted by atomic mass is 28.4. The molecule has 4 heteroatoms. The van der Waals surface area contributed by atoms with E-state index in [2.05, 4.69) is 59.8 Å². The van der Waals surface area contributed by atoms with Gasteiger partial charge in [0.2, 0.25) is 5.91 Å². The zero-order valence-corrected chi connectivity index (χ0v) is 17.3. The number of amides is 1. The van der Waals surface area contributed by atoms with E-state index < -0.39 is 8.32 Å². The Morgan fingerprint density at radius 1 is 1.25 bits per heavy atom. The van der Waals surface area contributed by atoms with E-state index in [-0.39, 0.29) is 28.8 Å². The second-order valence-corrected chi connectivity index (χ2v) is 13.5. The zero-order valence-electron chi connectivity index (χ0n) is 16.3. The molecule has 3 unspecified atom stereocenters. The van der Waals surface area contributed by atoms with E-state index in [1.54, 1.807) is 0 Å². The van der Waals surface area contributed by atoms with Gasteiger partial charge in [-0.1, -0.05) is 58.0 Å². The molecule has 0 saturated carbocycles. The second kappa shape index (κ2) is 7.01. The third-order valence-electron chi connectivity index (χ3n) is 6.02. The van der Waals surface area contributed by atoms with Crippen LogP contribution in [-0.4, -0.2) is 32.3 Å². The number of hydrogen-bond donors (Lipinski definition) is 0. The average molecular weight is 348 g/mol. The molecule has 1 aromatic carbocycles. The lowest BCUT2D eigenvalue weighted by atomic mass is 9.99. The van der Waals surface area contributed by atoms with Crippen LogP contribution in [0, 0.1) is 11.8 Å². The lowest BCUT2D eigenvalue weighted by Crippen LogP contribution is -2.42. The van der Waals surface area contributed by atoms with Crippen LogP contribution in [0.25, 0.3) is 0 Å². The van der Waals surface area contributed by atoms with Crippen LogP contribution in [0.5, 0.6) is 0 Å². The van der Waals surface area contributed by atoms with E-state index in [9.17, 15) is 4.79 Å². The number of rotatable bonds is 5. The number of carbonyl (C=O) groups is 1. The van der Waals surface area contributed by atoms with Crippen LogP contribution in [0.3, 0.4) is 0 Å². The van der Waals surface area contributed by atoms with Crippen molar-refractivity contribution < 1.29 is 9.22 Å².